The Balaban J connectivity index is 2.25. The number of methoxy groups -OCH3 is 3. The minimum atomic E-state index is -0.670. The van der Waals surface area contributed by atoms with Crippen LogP contribution in [0.15, 0.2) is 30.3 Å². The topological polar surface area (TPSA) is 109 Å². The summed E-state index contributed by atoms with van der Waals surface area (Å²) in [6.45, 7) is 1.34. The van der Waals surface area contributed by atoms with Gasteiger partial charge in [0.05, 0.1) is 27.4 Å². The molecule has 3 N–H and O–H groups in total. The molecular formula is C20H23FN2O6. The zero-order valence-electron chi connectivity index (χ0n) is 16.6. The number of primary amides is 1. The number of carbonyl (C=O) groups excluding carboxylic acids is 2. The summed E-state index contributed by atoms with van der Waals surface area (Å²) < 4.78 is 34.6. The molecule has 29 heavy (non-hydrogen) atoms. The van der Waals surface area contributed by atoms with Crippen LogP contribution in [0.5, 0.6) is 23.0 Å². The van der Waals surface area contributed by atoms with Crippen molar-refractivity contribution in [2.24, 2.45) is 5.73 Å². The fraction of sp³-hybridized carbons (Fsp3) is 0.300. The van der Waals surface area contributed by atoms with Crippen molar-refractivity contribution in [2.45, 2.75) is 13.0 Å². The van der Waals surface area contributed by atoms with Crippen LogP contribution in [0.4, 0.5) is 4.39 Å². The third kappa shape index (κ3) is 5.28. The minimum absolute atomic E-state index is 0.119. The molecule has 0 aliphatic rings. The molecule has 1 unspecified atom stereocenters. The Morgan fingerprint density at radius 1 is 1.03 bits per heavy atom. The average Bonchev–Trinajstić information content (AvgIpc) is 2.71. The van der Waals surface area contributed by atoms with E-state index in [9.17, 15) is 14.0 Å². The van der Waals surface area contributed by atoms with Gasteiger partial charge in [0, 0.05) is 5.56 Å². The first-order chi connectivity index (χ1) is 13.8. The van der Waals surface area contributed by atoms with Gasteiger partial charge in [-0.2, -0.15) is 0 Å². The number of rotatable bonds is 9. The highest BCUT2D eigenvalue weighted by atomic mass is 19.1. The smallest absolute Gasteiger partial charge is 0.255 e. The Morgan fingerprint density at radius 3 is 2.10 bits per heavy atom. The van der Waals surface area contributed by atoms with Gasteiger partial charge in [0.2, 0.25) is 5.75 Å². The van der Waals surface area contributed by atoms with Crippen LogP contribution in [0, 0.1) is 5.82 Å². The summed E-state index contributed by atoms with van der Waals surface area (Å²) in [5.41, 5.74) is 5.89. The molecule has 9 heteroatoms. The normalized spacial score (nSPS) is 11.3. The molecule has 0 saturated heterocycles. The molecule has 2 aromatic carbocycles. The Morgan fingerprint density at radius 2 is 1.62 bits per heavy atom. The first kappa shape index (κ1) is 21.8. The minimum Gasteiger partial charge on any atom is -0.494 e. The monoisotopic (exact) mass is 406 g/mol. The lowest BCUT2D eigenvalue weighted by atomic mass is 10.1. The first-order valence-corrected chi connectivity index (χ1v) is 8.62. The SMILES string of the molecule is COc1ccc(C(C)NC(=O)c2cc(OC)c(OCC(N)=O)c(OC)c2)cc1F. The molecule has 0 heterocycles. The third-order valence-corrected chi connectivity index (χ3v) is 4.11. The van der Waals surface area contributed by atoms with E-state index >= 15 is 0 Å². The van der Waals surface area contributed by atoms with Crippen LogP contribution in [0.25, 0.3) is 0 Å². The average molecular weight is 406 g/mol. The van der Waals surface area contributed by atoms with Crippen molar-refractivity contribution >= 4 is 11.8 Å². The zero-order valence-corrected chi connectivity index (χ0v) is 16.6. The number of hydrogen-bond donors (Lipinski definition) is 2. The van der Waals surface area contributed by atoms with Crippen LogP contribution < -0.4 is 30.0 Å². The van der Waals surface area contributed by atoms with Crippen LogP contribution in [0.3, 0.4) is 0 Å². The number of hydrogen-bond acceptors (Lipinski definition) is 6. The van der Waals surface area contributed by atoms with Crippen LogP contribution >= 0.6 is 0 Å². The Hall–Kier alpha value is -3.49. The van der Waals surface area contributed by atoms with Crippen LogP contribution in [-0.2, 0) is 4.79 Å². The van der Waals surface area contributed by atoms with Crippen molar-refractivity contribution in [3.8, 4) is 23.0 Å². The molecule has 0 bridgehead atoms. The number of nitrogens with one attached hydrogen (secondary N) is 1. The Labute approximate surface area is 167 Å². The molecule has 0 radical (unpaired) electrons. The predicted molar refractivity (Wildman–Crippen MR) is 103 cm³/mol. The molecule has 2 aromatic rings. The van der Waals surface area contributed by atoms with E-state index in [4.69, 9.17) is 24.7 Å². The highest BCUT2D eigenvalue weighted by molar-refractivity contribution is 5.96. The van der Waals surface area contributed by atoms with Crippen molar-refractivity contribution in [1.29, 1.82) is 0 Å². The van der Waals surface area contributed by atoms with Crippen molar-refractivity contribution in [1.82, 2.24) is 5.32 Å². The van der Waals surface area contributed by atoms with Gasteiger partial charge < -0.3 is 30.0 Å². The lowest BCUT2D eigenvalue weighted by Gasteiger charge is -2.18. The molecule has 8 nitrogen and oxygen atoms in total. The largest absolute Gasteiger partial charge is 0.494 e. The number of amides is 2. The fourth-order valence-electron chi connectivity index (χ4n) is 2.61. The summed E-state index contributed by atoms with van der Waals surface area (Å²) in [5, 5.41) is 2.78. The van der Waals surface area contributed by atoms with Crippen molar-refractivity contribution in [3.63, 3.8) is 0 Å². The maximum atomic E-state index is 13.9. The second kappa shape index (κ2) is 9.63. The van der Waals surface area contributed by atoms with Crippen molar-refractivity contribution in [3.05, 3.63) is 47.3 Å². The summed E-state index contributed by atoms with van der Waals surface area (Å²) in [6.07, 6.45) is 0. The summed E-state index contributed by atoms with van der Waals surface area (Å²) >= 11 is 0. The highest BCUT2D eigenvalue weighted by Crippen LogP contribution is 2.38. The maximum absolute atomic E-state index is 13.9. The van der Waals surface area contributed by atoms with E-state index < -0.39 is 23.7 Å². The van der Waals surface area contributed by atoms with E-state index in [-0.39, 0.29) is 35.2 Å². The molecule has 0 aliphatic heterocycles. The van der Waals surface area contributed by atoms with Gasteiger partial charge in [0.15, 0.2) is 29.7 Å². The highest BCUT2D eigenvalue weighted by Gasteiger charge is 2.20. The second-order valence-corrected chi connectivity index (χ2v) is 6.05. The van der Waals surface area contributed by atoms with E-state index in [1.165, 1.54) is 45.6 Å². The van der Waals surface area contributed by atoms with Gasteiger partial charge in [0.1, 0.15) is 0 Å². The van der Waals surface area contributed by atoms with Gasteiger partial charge in [-0.3, -0.25) is 9.59 Å². The van der Waals surface area contributed by atoms with Gasteiger partial charge in [-0.1, -0.05) is 6.07 Å². The standard InChI is InChI=1S/C20H23FN2O6/c1-11(12-5-6-15(26-2)14(21)7-12)23-20(25)13-8-16(27-3)19(17(9-13)28-4)29-10-18(22)24/h5-9,11H,10H2,1-4H3,(H2,22,24)(H,23,25). The van der Waals surface area contributed by atoms with Crippen LogP contribution in [0.1, 0.15) is 28.9 Å². The van der Waals surface area contributed by atoms with Gasteiger partial charge in [-0.25, -0.2) is 4.39 Å². The van der Waals surface area contributed by atoms with Crippen LogP contribution in [-0.4, -0.2) is 39.8 Å². The van der Waals surface area contributed by atoms with Crippen molar-refractivity contribution < 1.29 is 32.9 Å². The van der Waals surface area contributed by atoms with E-state index in [0.717, 1.165) is 0 Å². The molecule has 156 valence electrons. The fourth-order valence-corrected chi connectivity index (χ4v) is 2.61. The van der Waals surface area contributed by atoms with E-state index in [0.29, 0.717) is 5.56 Å². The second-order valence-electron chi connectivity index (χ2n) is 6.05. The van der Waals surface area contributed by atoms with Gasteiger partial charge in [-0.15, -0.1) is 0 Å². The summed E-state index contributed by atoms with van der Waals surface area (Å²) in [6, 6.07) is 6.85. The van der Waals surface area contributed by atoms with Gasteiger partial charge in [-0.05, 0) is 36.8 Å². The van der Waals surface area contributed by atoms with E-state index in [1.807, 2.05) is 0 Å². The molecule has 2 rings (SSSR count). The summed E-state index contributed by atoms with van der Waals surface area (Å²) in [4.78, 5) is 23.7. The van der Waals surface area contributed by atoms with Gasteiger partial charge >= 0.3 is 0 Å². The van der Waals surface area contributed by atoms with Crippen LogP contribution in [0.2, 0.25) is 0 Å². The lowest BCUT2D eigenvalue weighted by molar-refractivity contribution is -0.120. The van der Waals surface area contributed by atoms with E-state index in [1.54, 1.807) is 13.0 Å². The molecule has 1 atom stereocenters. The quantitative estimate of drug-likeness (QED) is 0.661. The third-order valence-electron chi connectivity index (χ3n) is 4.11. The molecule has 2 amide bonds. The number of carbonyl (C=O) groups is 2. The predicted octanol–water partition coefficient (Wildman–Crippen LogP) is 2.21. The molecule has 0 saturated carbocycles. The number of nitrogens with two attached hydrogens (primary N) is 1. The van der Waals surface area contributed by atoms with Crippen molar-refractivity contribution in [2.75, 3.05) is 27.9 Å². The number of benzene rings is 2. The summed E-state index contributed by atoms with van der Waals surface area (Å²) in [7, 11) is 4.15. The first-order valence-electron chi connectivity index (χ1n) is 8.62. The summed E-state index contributed by atoms with van der Waals surface area (Å²) in [5.74, 6) is -0.977. The molecular weight excluding hydrogens is 383 g/mol. The Bertz CT molecular complexity index is 878. The number of halogens is 1. The molecule has 0 fully saturated rings. The zero-order chi connectivity index (χ0) is 21.6. The maximum Gasteiger partial charge on any atom is 0.255 e. The molecule has 0 aliphatic carbocycles. The number of ether oxygens (including phenoxy) is 4. The van der Waals surface area contributed by atoms with E-state index in [2.05, 4.69) is 5.32 Å². The Kier molecular flexibility index (Phi) is 7.24. The molecule has 0 spiro atoms. The lowest BCUT2D eigenvalue weighted by Crippen LogP contribution is -2.27. The van der Waals surface area contributed by atoms with Gasteiger partial charge in [0.25, 0.3) is 11.8 Å². The molecule has 0 aromatic heterocycles.